The second-order valence-corrected chi connectivity index (χ2v) is 4.36. The van der Waals surface area contributed by atoms with E-state index in [1.165, 1.54) is 12.1 Å². The third-order valence-corrected chi connectivity index (χ3v) is 2.90. The predicted molar refractivity (Wildman–Crippen MR) is 70.1 cm³/mol. The molecule has 0 saturated heterocycles. The zero-order valence-corrected chi connectivity index (χ0v) is 11.0. The van der Waals surface area contributed by atoms with Crippen LogP contribution in [0.15, 0.2) is 12.1 Å². The minimum absolute atomic E-state index is 0.00939. The van der Waals surface area contributed by atoms with Gasteiger partial charge in [-0.15, -0.1) is 0 Å². The Balaban J connectivity index is 2.40. The van der Waals surface area contributed by atoms with Gasteiger partial charge in [0, 0.05) is 6.42 Å². The Labute approximate surface area is 115 Å². The van der Waals surface area contributed by atoms with Gasteiger partial charge in [0.1, 0.15) is 16.5 Å². The summed E-state index contributed by atoms with van der Waals surface area (Å²) in [6.45, 7) is 0.374. The second-order valence-electron chi connectivity index (χ2n) is 3.99. The molecule has 19 heavy (non-hydrogen) atoms. The van der Waals surface area contributed by atoms with Gasteiger partial charge in [0.2, 0.25) is 0 Å². The number of halogens is 1. The van der Waals surface area contributed by atoms with Crippen LogP contribution in [-0.2, 0) is 4.79 Å². The summed E-state index contributed by atoms with van der Waals surface area (Å²) in [5, 5.41) is 18.0. The number of aromatic hydroxyl groups is 1. The van der Waals surface area contributed by atoms with E-state index < -0.39 is 5.97 Å². The van der Waals surface area contributed by atoms with Gasteiger partial charge in [-0.1, -0.05) is 11.6 Å². The van der Waals surface area contributed by atoms with Gasteiger partial charge in [-0.05, 0) is 31.4 Å². The first kappa shape index (κ1) is 15.3. The van der Waals surface area contributed by atoms with Crippen LogP contribution in [0.5, 0.6) is 11.5 Å². The van der Waals surface area contributed by atoms with Crippen LogP contribution in [-0.4, -0.2) is 29.1 Å². The molecule has 1 rings (SSSR count). The fraction of sp³-hybridized carbons (Fsp3) is 0.385. The molecule has 0 aromatic heterocycles. The molecule has 5 nitrogen and oxygen atoms in total. The van der Waals surface area contributed by atoms with Gasteiger partial charge >= 0.3 is 5.97 Å². The maximum Gasteiger partial charge on any atom is 0.303 e. The number of aldehydes is 1. The van der Waals surface area contributed by atoms with Crippen molar-refractivity contribution in [3.8, 4) is 11.5 Å². The fourth-order valence-corrected chi connectivity index (χ4v) is 1.73. The van der Waals surface area contributed by atoms with E-state index in [-0.39, 0.29) is 22.8 Å². The summed E-state index contributed by atoms with van der Waals surface area (Å²) in [5.74, 6) is -0.790. The second kappa shape index (κ2) is 7.63. The summed E-state index contributed by atoms with van der Waals surface area (Å²) in [6.07, 6.45) is 2.69. The minimum atomic E-state index is -0.807. The van der Waals surface area contributed by atoms with Gasteiger partial charge in [0.15, 0.2) is 6.29 Å². The molecule has 6 heteroatoms. The number of carbonyl (C=O) groups is 2. The Kier molecular flexibility index (Phi) is 6.15. The Morgan fingerprint density at radius 3 is 2.68 bits per heavy atom. The fourth-order valence-electron chi connectivity index (χ4n) is 1.50. The largest absolute Gasteiger partial charge is 0.505 e. The maximum atomic E-state index is 10.6. The molecule has 1 aromatic rings. The van der Waals surface area contributed by atoms with Crippen LogP contribution < -0.4 is 4.74 Å². The van der Waals surface area contributed by atoms with Gasteiger partial charge in [0.25, 0.3) is 0 Å². The van der Waals surface area contributed by atoms with E-state index in [4.69, 9.17) is 21.4 Å². The molecule has 0 fully saturated rings. The zero-order valence-electron chi connectivity index (χ0n) is 10.3. The number of benzene rings is 1. The lowest BCUT2D eigenvalue weighted by Gasteiger charge is -2.09. The van der Waals surface area contributed by atoms with E-state index in [2.05, 4.69) is 0 Å². The summed E-state index contributed by atoms with van der Waals surface area (Å²) in [6, 6.07) is 2.94. The SMILES string of the molecule is O=Cc1ccc(OCCCCCC(=O)O)c(Cl)c1O. The topological polar surface area (TPSA) is 83.8 Å². The van der Waals surface area contributed by atoms with Gasteiger partial charge < -0.3 is 14.9 Å². The van der Waals surface area contributed by atoms with Crippen LogP contribution in [0.3, 0.4) is 0 Å². The van der Waals surface area contributed by atoms with Gasteiger partial charge in [0.05, 0.1) is 12.2 Å². The molecular weight excluding hydrogens is 272 g/mol. The highest BCUT2D eigenvalue weighted by Gasteiger charge is 2.11. The molecule has 0 spiro atoms. The first-order chi connectivity index (χ1) is 9.06. The van der Waals surface area contributed by atoms with Crippen molar-refractivity contribution in [2.75, 3.05) is 6.61 Å². The number of ether oxygens (including phenoxy) is 1. The number of phenolic OH excluding ortho intramolecular Hbond substituents is 1. The number of hydrogen-bond donors (Lipinski definition) is 2. The number of carboxylic acids is 1. The number of carboxylic acid groups (broad SMARTS) is 1. The van der Waals surface area contributed by atoms with Crippen molar-refractivity contribution < 1.29 is 24.5 Å². The Morgan fingerprint density at radius 2 is 2.05 bits per heavy atom. The Hall–Kier alpha value is -1.75. The molecule has 0 atom stereocenters. The molecule has 0 saturated carbocycles. The van der Waals surface area contributed by atoms with Crippen molar-refractivity contribution in [2.45, 2.75) is 25.7 Å². The molecule has 2 N–H and O–H groups in total. The van der Waals surface area contributed by atoms with Crippen LogP contribution in [0.2, 0.25) is 5.02 Å². The van der Waals surface area contributed by atoms with Crippen LogP contribution in [0.1, 0.15) is 36.0 Å². The van der Waals surface area contributed by atoms with Gasteiger partial charge in [-0.25, -0.2) is 0 Å². The summed E-state index contributed by atoms with van der Waals surface area (Å²) >= 11 is 5.85. The molecule has 0 aliphatic rings. The summed E-state index contributed by atoms with van der Waals surface area (Å²) in [4.78, 5) is 20.9. The number of unbranched alkanes of at least 4 members (excludes halogenated alkanes) is 2. The van der Waals surface area contributed by atoms with E-state index in [1.807, 2.05) is 0 Å². The number of hydrogen-bond acceptors (Lipinski definition) is 4. The van der Waals surface area contributed by atoms with E-state index in [0.717, 1.165) is 6.42 Å². The average Bonchev–Trinajstić information content (AvgIpc) is 2.38. The lowest BCUT2D eigenvalue weighted by Crippen LogP contribution is -2.00. The highest BCUT2D eigenvalue weighted by atomic mass is 35.5. The predicted octanol–water partition coefficient (Wildman–Crippen LogP) is 2.88. The van der Waals surface area contributed by atoms with Crippen LogP contribution in [0.25, 0.3) is 0 Å². The first-order valence-electron chi connectivity index (χ1n) is 5.87. The molecule has 0 aliphatic carbocycles. The Morgan fingerprint density at radius 1 is 1.32 bits per heavy atom. The third-order valence-electron chi connectivity index (χ3n) is 2.53. The normalized spacial score (nSPS) is 10.2. The van der Waals surface area contributed by atoms with Crippen LogP contribution >= 0.6 is 11.6 Å². The highest BCUT2D eigenvalue weighted by molar-refractivity contribution is 6.33. The number of rotatable bonds is 8. The summed E-state index contributed by atoms with van der Waals surface area (Å²) in [5.41, 5.74) is 0.110. The minimum Gasteiger partial charge on any atom is -0.505 e. The van der Waals surface area contributed by atoms with E-state index in [0.29, 0.717) is 31.5 Å². The lowest BCUT2D eigenvalue weighted by atomic mass is 10.2. The van der Waals surface area contributed by atoms with Crippen molar-refractivity contribution in [1.29, 1.82) is 0 Å². The third kappa shape index (κ3) is 4.79. The number of carbonyl (C=O) groups excluding carboxylic acids is 1. The molecule has 1 aromatic carbocycles. The van der Waals surface area contributed by atoms with Crippen molar-refractivity contribution in [2.24, 2.45) is 0 Å². The molecule has 0 unspecified atom stereocenters. The number of aliphatic carboxylic acids is 1. The quantitative estimate of drug-likeness (QED) is 0.567. The summed E-state index contributed by atoms with van der Waals surface area (Å²) < 4.78 is 5.37. The molecule has 0 bridgehead atoms. The highest BCUT2D eigenvalue weighted by Crippen LogP contribution is 2.35. The lowest BCUT2D eigenvalue weighted by molar-refractivity contribution is -0.137. The Bertz CT molecular complexity index is 459. The molecule has 0 aliphatic heterocycles. The van der Waals surface area contributed by atoms with E-state index in [9.17, 15) is 14.7 Å². The van der Waals surface area contributed by atoms with E-state index >= 15 is 0 Å². The van der Waals surface area contributed by atoms with Crippen molar-refractivity contribution in [3.63, 3.8) is 0 Å². The van der Waals surface area contributed by atoms with E-state index in [1.54, 1.807) is 0 Å². The van der Waals surface area contributed by atoms with Crippen molar-refractivity contribution in [3.05, 3.63) is 22.7 Å². The van der Waals surface area contributed by atoms with Crippen molar-refractivity contribution in [1.82, 2.24) is 0 Å². The van der Waals surface area contributed by atoms with Crippen LogP contribution in [0.4, 0.5) is 0 Å². The van der Waals surface area contributed by atoms with Gasteiger partial charge in [-0.3, -0.25) is 9.59 Å². The molecule has 104 valence electrons. The first-order valence-corrected chi connectivity index (χ1v) is 6.25. The smallest absolute Gasteiger partial charge is 0.303 e. The summed E-state index contributed by atoms with van der Waals surface area (Å²) in [7, 11) is 0. The van der Waals surface area contributed by atoms with Crippen LogP contribution in [0, 0.1) is 0 Å². The van der Waals surface area contributed by atoms with Crippen molar-refractivity contribution >= 4 is 23.9 Å². The molecule has 0 amide bonds. The number of phenols is 1. The molecular formula is C13H15ClO5. The standard InChI is InChI=1S/C13H15ClO5/c14-12-10(6-5-9(8-15)13(12)18)19-7-3-1-2-4-11(16)17/h5-6,8,18H,1-4,7H2,(H,16,17). The maximum absolute atomic E-state index is 10.6. The van der Waals surface area contributed by atoms with Gasteiger partial charge in [-0.2, -0.15) is 0 Å². The monoisotopic (exact) mass is 286 g/mol. The average molecular weight is 287 g/mol. The molecule has 0 radical (unpaired) electrons. The molecule has 0 heterocycles. The zero-order chi connectivity index (χ0) is 14.3.